The van der Waals surface area contributed by atoms with Crippen LogP contribution in [0.1, 0.15) is 12.8 Å². The molecule has 2 heterocycles. The highest BCUT2D eigenvalue weighted by Crippen LogP contribution is 2.24. The monoisotopic (exact) mass is 347 g/mol. The lowest BCUT2D eigenvalue weighted by atomic mass is 10.00. The number of rotatable bonds is 3. The topological polar surface area (TPSA) is 37.0 Å². The Labute approximate surface area is 113 Å². The summed E-state index contributed by atoms with van der Waals surface area (Å²) in [5.41, 5.74) is 0. The zero-order valence-corrected chi connectivity index (χ0v) is 12.1. The molecular formula is C11H15Br2N3. The molecule has 1 aliphatic heterocycles. The molecule has 1 unspecified atom stereocenters. The van der Waals surface area contributed by atoms with E-state index in [0.717, 1.165) is 34.4 Å². The summed E-state index contributed by atoms with van der Waals surface area (Å²) in [6.07, 6.45) is 4.39. The number of anilines is 1. The molecule has 1 atom stereocenters. The summed E-state index contributed by atoms with van der Waals surface area (Å²) in [6.45, 7) is 3.26. The fourth-order valence-electron chi connectivity index (χ4n) is 1.88. The van der Waals surface area contributed by atoms with Gasteiger partial charge in [-0.3, -0.25) is 0 Å². The van der Waals surface area contributed by atoms with Gasteiger partial charge in [-0.15, -0.1) is 0 Å². The van der Waals surface area contributed by atoms with Crippen LogP contribution in [0.5, 0.6) is 0 Å². The lowest BCUT2D eigenvalue weighted by molar-refractivity contribution is 0.392. The first-order chi connectivity index (χ1) is 7.75. The number of halogens is 2. The number of piperidine rings is 1. The third kappa shape index (κ3) is 3.43. The number of nitrogens with zero attached hydrogens (tertiary/aromatic N) is 1. The first-order valence-corrected chi connectivity index (χ1v) is 7.10. The number of aromatic nitrogens is 1. The van der Waals surface area contributed by atoms with Crippen molar-refractivity contribution in [1.29, 1.82) is 0 Å². The molecule has 2 N–H and O–H groups in total. The molecule has 88 valence electrons. The SMILES string of the molecule is Brc1cnc(NCC2CCCNC2)c(Br)c1. The first kappa shape index (κ1) is 12.3. The Hall–Kier alpha value is -0.130. The molecule has 1 saturated heterocycles. The summed E-state index contributed by atoms with van der Waals surface area (Å²) >= 11 is 6.90. The second-order valence-electron chi connectivity index (χ2n) is 4.08. The molecular weight excluding hydrogens is 334 g/mol. The van der Waals surface area contributed by atoms with E-state index in [-0.39, 0.29) is 0 Å². The molecule has 0 bridgehead atoms. The second kappa shape index (κ2) is 5.98. The van der Waals surface area contributed by atoms with Crippen molar-refractivity contribution in [3.05, 3.63) is 21.2 Å². The van der Waals surface area contributed by atoms with Gasteiger partial charge in [-0.2, -0.15) is 0 Å². The molecule has 1 fully saturated rings. The van der Waals surface area contributed by atoms with Crippen LogP contribution in [0.2, 0.25) is 0 Å². The lowest BCUT2D eigenvalue weighted by Gasteiger charge is -2.23. The van der Waals surface area contributed by atoms with E-state index in [1.165, 1.54) is 12.8 Å². The van der Waals surface area contributed by atoms with Gasteiger partial charge in [0.15, 0.2) is 0 Å². The summed E-state index contributed by atoms with van der Waals surface area (Å²) in [5.74, 6) is 1.64. The predicted molar refractivity (Wildman–Crippen MR) is 73.7 cm³/mol. The average molecular weight is 349 g/mol. The van der Waals surface area contributed by atoms with Crippen molar-refractivity contribution in [2.45, 2.75) is 12.8 Å². The predicted octanol–water partition coefficient (Wildman–Crippen LogP) is 3.02. The minimum Gasteiger partial charge on any atom is -0.369 e. The Balaban J connectivity index is 1.88. The molecule has 0 aliphatic carbocycles. The van der Waals surface area contributed by atoms with Crippen LogP contribution in [0.4, 0.5) is 5.82 Å². The van der Waals surface area contributed by atoms with Gasteiger partial charge in [0.25, 0.3) is 0 Å². The summed E-state index contributed by atoms with van der Waals surface area (Å²) in [7, 11) is 0. The normalized spacial score (nSPS) is 20.8. The van der Waals surface area contributed by atoms with Gasteiger partial charge in [0.2, 0.25) is 0 Å². The minimum atomic E-state index is 0.714. The quantitative estimate of drug-likeness (QED) is 0.881. The Bertz CT molecular complexity index is 351. The number of hydrogen-bond acceptors (Lipinski definition) is 3. The van der Waals surface area contributed by atoms with Crippen LogP contribution < -0.4 is 10.6 Å². The number of nitrogens with one attached hydrogen (secondary N) is 2. The van der Waals surface area contributed by atoms with Crippen molar-refractivity contribution < 1.29 is 0 Å². The lowest BCUT2D eigenvalue weighted by Crippen LogP contribution is -2.33. The van der Waals surface area contributed by atoms with Gasteiger partial charge < -0.3 is 10.6 Å². The maximum atomic E-state index is 4.34. The van der Waals surface area contributed by atoms with Crippen LogP contribution in [-0.4, -0.2) is 24.6 Å². The molecule has 5 heteroatoms. The van der Waals surface area contributed by atoms with Crippen LogP contribution in [-0.2, 0) is 0 Å². The summed E-state index contributed by atoms with van der Waals surface area (Å²) in [4.78, 5) is 4.34. The zero-order valence-electron chi connectivity index (χ0n) is 8.97. The van der Waals surface area contributed by atoms with Gasteiger partial charge in [0.05, 0.1) is 4.47 Å². The molecule has 16 heavy (non-hydrogen) atoms. The second-order valence-corrected chi connectivity index (χ2v) is 5.85. The van der Waals surface area contributed by atoms with Crippen LogP contribution >= 0.6 is 31.9 Å². The molecule has 0 amide bonds. The van der Waals surface area contributed by atoms with E-state index >= 15 is 0 Å². The average Bonchev–Trinajstić information content (AvgIpc) is 2.29. The van der Waals surface area contributed by atoms with Crippen LogP contribution in [0.3, 0.4) is 0 Å². The standard InChI is InChI=1S/C11H15Br2N3/c12-9-4-10(13)11(16-7-9)15-6-8-2-1-3-14-5-8/h4,7-8,14H,1-3,5-6H2,(H,15,16). The van der Waals surface area contributed by atoms with Crippen molar-refractivity contribution in [3.8, 4) is 0 Å². The molecule has 1 aromatic heterocycles. The smallest absolute Gasteiger partial charge is 0.140 e. The van der Waals surface area contributed by atoms with E-state index in [9.17, 15) is 0 Å². The molecule has 0 aromatic carbocycles. The molecule has 0 radical (unpaired) electrons. The van der Waals surface area contributed by atoms with Gasteiger partial charge in [-0.05, 0) is 69.8 Å². The van der Waals surface area contributed by atoms with Gasteiger partial charge in [-0.25, -0.2) is 4.98 Å². The molecule has 3 nitrogen and oxygen atoms in total. The summed E-state index contributed by atoms with van der Waals surface area (Å²) in [5, 5.41) is 6.81. The Morgan fingerprint density at radius 3 is 3.06 bits per heavy atom. The van der Waals surface area contributed by atoms with E-state index in [2.05, 4.69) is 47.5 Å². The fourth-order valence-corrected chi connectivity index (χ4v) is 3.01. The highest BCUT2D eigenvalue weighted by Gasteiger charge is 2.13. The van der Waals surface area contributed by atoms with E-state index < -0.39 is 0 Å². The van der Waals surface area contributed by atoms with Crippen molar-refractivity contribution in [2.75, 3.05) is 25.0 Å². The maximum absolute atomic E-state index is 4.34. The van der Waals surface area contributed by atoms with Crippen LogP contribution in [0.15, 0.2) is 21.2 Å². The van der Waals surface area contributed by atoms with Crippen molar-refractivity contribution in [1.82, 2.24) is 10.3 Å². The van der Waals surface area contributed by atoms with E-state index in [0.29, 0.717) is 5.92 Å². The van der Waals surface area contributed by atoms with Crippen molar-refractivity contribution in [2.24, 2.45) is 5.92 Å². The molecule has 1 aromatic rings. The van der Waals surface area contributed by atoms with Gasteiger partial charge in [0, 0.05) is 17.2 Å². The molecule has 0 saturated carbocycles. The Morgan fingerprint density at radius 2 is 2.38 bits per heavy atom. The van der Waals surface area contributed by atoms with Gasteiger partial charge >= 0.3 is 0 Å². The first-order valence-electron chi connectivity index (χ1n) is 5.51. The van der Waals surface area contributed by atoms with Crippen molar-refractivity contribution >= 4 is 37.7 Å². The summed E-state index contributed by atoms with van der Waals surface area (Å²) in [6, 6.07) is 2.01. The zero-order chi connectivity index (χ0) is 11.4. The van der Waals surface area contributed by atoms with Crippen LogP contribution in [0, 0.1) is 5.92 Å². The summed E-state index contributed by atoms with van der Waals surface area (Å²) < 4.78 is 2.00. The Morgan fingerprint density at radius 1 is 1.50 bits per heavy atom. The maximum Gasteiger partial charge on any atom is 0.140 e. The largest absolute Gasteiger partial charge is 0.369 e. The fraction of sp³-hybridized carbons (Fsp3) is 0.545. The Kier molecular flexibility index (Phi) is 4.61. The highest BCUT2D eigenvalue weighted by molar-refractivity contribution is 9.11. The van der Waals surface area contributed by atoms with Gasteiger partial charge in [-0.1, -0.05) is 0 Å². The number of pyridine rings is 1. The van der Waals surface area contributed by atoms with Gasteiger partial charge in [0.1, 0.15) is 5.82 Å². The number of hydrogen-bond donors (Lipinski definition) is 2. The molecule has 0 spiro atoms. The van der Waals surface area contributed by atoms with Crippen LogP contribution in [0.25, 0.3) is 0 Å². The highest BCUT2D eigenvalue weighted by atomic mass is 79.9. The third-order valence-electron chi connectivity index (χ3n) is 2.76. The van der Waals surface area contributed by atoms with Crippen molar-refractivity contribution in [3.63, 3.8) is 0 Å². The molecule has 1 aliphatic rings. The van der Waals surface area contributed by atoms with E-state index in [1.54, 1.807) is 0 Å². The molecule has 2 rings (SSSR count). The van der Waals surface area contributed by atoms with E-state index in [4.69, 9.17) is 0 Å². The minimum absolute atomic E-state index is 0.714. The third-order valence-corrected chi connectivity index (χ3v) is 3.80. The van der Waals surface area contributed by atoms with E-state index in [1.807, 2.05) is 12.3 Å².